The molecule has 1 aromatic heterocycles. The molecule has 0 aliphatic carbocycles. The molecule has 0 bridgehead atoms. The number of carbonyl (C=O) groups excluding carboxylic acids is 2. The van der Waals surface area contributed by atoms with E-state index in [9.17, 15) is 19.5 Å². The molecule has 3 aromatic rings. The molecule has 5 rings (SSSR count). The van der Waals surface area contributed by atoms with E-state index in [-0.39, 0.29) is 19.0 Å². The summed E-state index contributed by atoms with van der Waals surface area (Å²) >= 11 is 8.82. The van der Waals surface area contributed by atoms with Crippen LogP contribution in [0.25, 0.3) is 11.3 Å². The van der Waals surface area contributed by atoms with Crippen LogP contribution in [0.2, 0.25) is 5.02 Å². The molecular weight excluding hydrogens is 608 g/mol. The lowest BCUT2D eigenvalue weighted by atomic mass is 10.0. The Labute approximate surface area is 244 Å². The van der Waals surface area contributed by atoms with E-state index < -0.39 is 11.9 Å². The first-order valence-corrected chi connectivity index (χ1v) is 13.6. The highest BCUT2D eigenvalue weighted by Crippen LogP contribution is 2.40. The van der Waals surface area contributed by atoms with E-state index in [1.807, 2.05) is 11.6 Å². The number of nitrogens with zero attached hydrogens (tertiary/aromatic N) is 2. The average molecular weight is 636 g/mol. The van der Waals surface area contributed by atoms with Crippen molar-refractivity contribution in [1.29, 1.82) is 0 Å². The van der Waals surface area contributed by atoms with Gasteiger partial charge in [0, 0.05) is 58.7 Å². The van der Waals surface area contributed by atoms with E-state index >= 15 is 0 Å². The molecule has 3 heterocycles. The molecule has 12 heteroatoms. The predicted octanol–water partition coefficient (Wildman–Crippen LogP) is 5.04. The fraction of sp³-hybridized carbons (Fsp3) is 0.321. The zero-order valence-corrected chi connectivity index (χ0v) is 24.3. The summed E-state index contributed by atoms with van der Waals surface area (Å²) in [6.45, 7) is 5.37. The van der Waals surface area contributed by atoms with Gasteiger partial charge in [-0.25, -0.2) is 9.59 Å². The molecule has 0 amide bonds. The van der Waals surface area contributed by atoms with Gasteiger partial charge in [0.05, 0.1) is 30.9 Å². The average Bonchev–Trinajstić information content (AvgIpc) is 3.53. The lowest BCUT2D eigenvalue weighted by Gasteiger charge is -2.27. The minimum absolute atomic E-state index is 0.0430. The van der Waals surface area contributed by atoms with Gasteiger partial charge < -0.3 is 28.6 Å². The molecule has 0 radical (unpaired) electrons. The fourth-order valence-corrected chi connectivity index (χ4v) is 5.15. The zero-order chi connectivity index (χ0) is 28.8. The van der Waals surface area contributed by atoms with E-state index in [2.05, 4.69) is 20.8 Å². The van der Waals surface area contributed by atoms with Gasteiger partial charge in [0.2, 0.25) is 6.79 Å². The highest BCUT2D eigenvalue weighted by molar-refractivity contribution is 9.10. The van der Waals surface area contributed by atoms with E-state index in [0.717, 1.165) is 29.5 Å². The van der Waals surface area contributed by atoms with Crippen LogP contribution in [0, 0.1) is 0 Å². The summed E-state index contributed by atoms with van der Waals surface area (Å²) in [7, 11) is 1.82. The second kappa shape index (κ2) is 13.3. The molecule has 0 spiro atoms. The summed E-state index contributed by atoms with van der Waals surface area (Å²) in [6.07, 6.45) is 0.778. The number of aldehydes is 1. The Morgan fingerprint density at radius 2 is 1.80 bits per heavy atom. The lowest BCUT2D eigenvalue weighted by molar-refractivity contribution is 0.0327. The predicted molar refractivity (Wildman–Crippen MR) is 151 cm³/mol. The van der Waals surface area contributed by atoms with Crippen molar-refractivity contribution in [3.05, 3.63) is 68.3 Å². The van der Waals surface area contributed by atoms with Gasteiger partial charge in [-0.1, -0.05) is 27.5 Å². The van der Waals surface area contributed by atoms with Crippen LogP contribution in [0.15, 0.2) is 40.9 Å². The quantitative estimate of drug-likeness (QED) is 0.281. The Bertz CT molecular complexity index is 1420. The van der Waals surface area contributed by atoms with Crippen molar-refractivity contribution in [2.75, 3.05) is 39.7 Å². The molecule has 0 unspecified atom stereocenters. The standard InChI is InChI=1S/C21H24N2O7.C7H4BrClO/c1-3-28-21(26)15-8-16(22(2)17(15)11-23-4-6-27-7-5-23)13-9-18-19(30-12-29-18)10-14(13)20(24)25;8-7-3-6(9)2-1-5(7)4-10/h8-10H,3-7,11-12H2,1-2H3,(H,24,25);1-4H. The number of carboxylic acids is 1. The van der Waals surface area contributed by atoms with Crippen molar-refractivity contribution in [2.24, 2.45) is 7.05 Å². The third-order valence-electron chi connectivity index (χ3n) is 6.44. The highest BCUT2D eigenvalue weighted by atomic mass is 79.9. The van der Waals surface area contributed by atoms with Crippen LogP contribution >= 0.6 is 27.5 Å². The minimum Gasteiger partial charge on any atom is -0.478 e. The van der Waals surface area contributed by atoms with Gasteiger partial charge >= 0.3 is 11.9 Å². The van der Waals surface area contributed by atoms with Crippen molar-refractivity contribution in [3.63, 3.8) is 0 Å². The fourth-order valence-electron chi connectivity index (χ4n) is 4.38. The van der Waals surface area contributed by atoms with E-state index in [1.54, 1.807) is 37.3 Å². The number of benzene rings is 2. The third-order valence-corrected chi connectivity index (χ3v) is 7.36. The van der Waals surface area contributed by atoms with Gasteiger partial charge in [-0.05, 0) is 43.3 Å². The van der Waals surface area contributed by atoms with E-state index in [0.29, 0.717) is 58.7 Å². The number of carbonyl (C=O) groups is 3. The molecule has 1 fully saturated rings. The third kappa shape index (κ3) is 6.67. The Kier molecular flexibility index (Phi) is 9.85. The molecule has 1 N–H and O–H groups in total. The SMILES string of the molecule is CCOC(=O)c1cc(-c2cc3c(cc2C(=O)O)OCO3)n(C)c1CN1CCOCC1.O=Cc1ccc(Cl)cc1Br. The number of hydrogen-bond donors (Lipinski definition) is 1. The first-order valence-electron chi connectivity index (χ1n) is 12.5. The molecule has 10 nitrogen and oxygen atoms in total. The van der Waals surface area contributed by atoms with Crippen LogP contribution < -0.4 is 9.47 Å². The number of aromatic carboxylic acids is 1. The first kappa shape index (κ1) is 29.6. The van der Waals surface area contributed by atoms with Gasteiger partial charge in [-0.3, -0.25) is 9.69 Å². The second-order valence-electron chi connectivity index (χ2n) is 8.90. The largest absolute Gasteiger partial charge is 0.478 e. The lowest BCUT2D eigenvalue weighted by Crippen LogP contribution is -2.36. The van der Waals surface area contributed by atoms with Crippen molar-refractivity contribution in [1.82, 2.24) is 9.47 Å². The molecular formula is C28H28BrClN2O8. The number of aromatic nitrogens is 1. The monoisotopic (exact) mass is 634 g/mol. The number of fused-ring (bicyclic) bond motifs is 1. The van der Waals surface area contributed by atoms with Crippen LogP contribution in [0.5, 0.6) is 11.5 Å². The summed E-state index contributed by atoms with van der Waals surface area (Å²) in [6, 6.07) is 9.83. The number of carboxylic acid groups (broad SMARTS) is 1. The van der Waals surface area contributed by atoms with Gasteiger partial charge in [0.1, 0.15) is 0 Å². The number of halogens is 2. The molecule has 1 saturated heterocycles. The van der Waals surface area contributed by atoms with Crippen LogP contribution in [0.4, 0.5) is 0 Å². The topological polar surface area (TPSA) is 117 Å². The van der Waals surface area contributed by atoms with Crippen molar-refractivity contribution in [3.8, 4) is 22.8 Å². The molecule has 2 aromatic carbocycles. The van der Waals surface area contributed by atoms with Gasteiger partial charge in [0.25, 0.3) is 0 Å². The maximum atomic E-state index is 12.7. The number of hydrogen-bond acceptors (Lipinski definition) is 8. The number of rotatable bonds is 7. The van der Waals surface area contributed by atoms with Gasteiger partial charge in [-0.15, -0.1) is 0 Å². The van der Waals surface area contributed by atoms with Crippen molar-refractivity contribution < 1.29 is 38.4 Å². The Morgan fingerprint density at radius 3 is 2.42 bits per heavy atom. The molecule has 0 saturated carbocycles. The first-order chi connectivity index (χ1) is 19.2. The number of ether oxygens (including phenoxy) is 4. The van der Waals surface area contributed by atoms with Gasteiger partial charge in [0.15, 0.2) is 17.8 Å². The highest BCUT2D eigenvalue weighted by Gasteiger charge is 2.27. The van der Waals surface area contributed by atoms with Crippen LogP contribution in [-0.4, -0.2) is 72.5 Å². The maximum absolute atomic E-state index is 12.7. The number of esters is 1. The molecule has 0 atom stereocenters. The summed E-state index contributed by atoms with van der Waals surface area (Å²) < 4.78 is 24.0. The Hall–Kier alpha value is -3.38. The summed E-state index contributed by atoms with van der Waals surface area (Å²) in [5.74, 6) is -0.648. The van der Waals surface area contributed by atoms with Crippen LogP contribution in [0.1, 0.15) is 43.7 Å². The molecule has 2 aliphatic rings. The smallest absolute Gasteiger partial charge is 0.340 e. The zero-order valence-electron chi connectivity index (χ0n) is 21.9. The summed E-state index contributed by atoms with van der Waals surface area (Å²) in [4.78, 5) is 37.1. The van der Waals surface area contributed by atoms with Gasteiger partial charge in [-0.2, -0.15) is 0 Å². The second-order valence-corrected chi connectivity index (χ2v) is 10.2. The van der Waals surface area contributed by atoms with E-state index in [4.69, 9.17) is 30.5 Å². The maximum Gasteiger partial charge on any atom is 0.340 e. The molecule has 2 aliphatic heterocycles. The van der Waals surface area contributed by atoms with Crippen LogP contribution in [-0.2, 0) is 23.1 Å². The molecule has 212 valence electrons. The Balaban J connectivity index is 0.000000312. The summed E-state index contributed by atoms with van der Waals surface area (Å²) in [5, 5.41) is 10.4. The Morgan fingerprint density at radius 1 is 1.10 bits per heavy atom. The number of morpholine rings is 1. The van der Waals surface area contributed by atoms with E-state index in [1.165, 1.54) is 6.07 Å². The van der Waals surface area contributed by atoms with Crippen LogP contribution in [0.3, 0.4) is 0 Å². The molecule has 40 heavy (non-hydrogen) atoms. The normalized spacial score (nSPS) is 14.3. The summed E-state index contributed by atoms with van der Waals surface area (Å²) in [5.41, 5.74) is 2.93. The van der Waals surface area contributed by atoms with Crippen molar-refractivity contribution in [2.45, 2.75) is 13.5 Å². The van der Waals surface area contributed by atoms with Crippen molar-refractivity contribution >= 4 is 45.8 Å². The minimum atomic E-state index is -1.09.